The first-order valence-corrected chi connectivity index (χ1v) is 5.17. The Morgan fingerprint density at radius 2 is 2.09 bits per heavy atom. The van der Waals surface area contributed by atoms with Crippen molar-refractivity contribution < 1.29 is 0 Å². The largest absolute Gasteiger partial charge is 0.340 e. The Bertz CT molecular complexity index is 244. The summed E-state index contributed by atoms with van der Waals surface area (Å²) < 4.78 is 5.08. The van der Waals surface area contributed by atoms with Crippen molar-refractivity contribution in [2.75, 3.05) is 18.0 Å². The average Bonchev–Trinajstić information content (AvgIpc) is 2.55. The lowest BCUT2D eigenvalue weighted by Crippen LogP contribution is -2.18. The molecule has 1 saturated heterocycles. The van der Waals surface area contributed by atoms with Gasteiger partial charge in [-0.25, -0.2) is 0 Å². The lowest BCUT2D eigenvalue weighted by molar-refractivity contribution is 0.920. The normalized spacial score (nSPS) is 17.7. The molecule has 1 aliphatic rings. The van der Waals surface area contributed by atoms with E-state index in [0.29, 0.717) is 0 Å². The van der Waals surface area contributed by atoms with Gasteiger partial charge in [0.1, 0.15) is 0 Å². The first kappa shape index (κ1) is 7.49. The maximum absolute atomic E-state index is 4.24. The summed E-state index contributed by atoms with van der Waals surface area (Å²) in [6, 6.07) is 0. The SMILES string of the molecule is Brc1nc(N2CCCC2)ns1. The molecule has 0 atom stereocenters. The summed E-state index contributed by atoms with van der Waals surface area (Å²) in [6.07, 6.45) is 2.55. The molecule has 1 aliphatic heterocycles. The van der Waals surface area contributed by atoms with Gasteiger partial charge in [-0.2, -0.15) is 9.36 Å². The van der Waals surface area contributed by atoms with E-state index < -0.39 is 0 Å². The second kappa shape index (κ2) is 3.06. The van der Waals surface area contributed by atoms with Crippen LogP contribution in [0, 0.1) is 0 Å². The van der Waals surface area contributed by atoms with E-state index in [0.717, 1.165) is 23.0 Å². The fourth-order valence-corrected chi connectivity index (χ4v) is 2.06. The van der Waals surface area contributed by atoms with Gasteiger partial charge in [-0.3, -0.25) is 0 Å². The number of halogens is 1. The maximum Gasteiger partial charge on any atom is 0.238 e. The zero-order chi connectivity index (χ0) is 7.68. The molecular weight excluding hydrogens is 226 g/mol. The second-order valence-electron chi connectivity index (χ2n) is 2.54. The van der Waals surface area contributed by atoms with E-state index in [1.165, 1.54) is 24.4 Å². The summed E-state index contributed by atoms with van der Waals surface area (Å²) in [5, 5.41) is 0. The summed E-state index contributed by atoms with van der Waals surface area (Å²) in [7, 11) is 0. The van der Waals surface area contributed by atoms with E-state index in [1.807, 2.05) is 0 Å². The van der Waals surface area contributed by atoms with E-state index in [1.54, 1.807) is 0 Å². The van der Waals surface area contributed by atoms with Crippen LogP contribution in [-0.2, 0) is 0 Å². The zero-order valence-electron chi connectivity index (χ0n) is 5.96. The first-order valence-electron chi connectivity index (χ1n) is 3.60. The van der Waals surface area contributed by atoms with Crippen LogP contribution in [0.3, 0.4) is 0 Å². The van der Waals surface area contributed by atoms with Crippen LogP contribution < -0.4 is 4.90 Å². The molecule has 2 rings (SSSR count). The van der Waals surface area contributed by atoms with Crippen molar-refractivity contribution in [3.8, 4) is 0 Å². The molecule has 0 unspecified atom stereocenters. The van der Waals surface area contributed by atoms with E-state index in [-0.39, 0.29) is 0 Å². The monoisotopic (exact) mass is 233 g/mol. The molecule has 0 aromatic carbocycles. The molecule has 0 amide bonds. The Morgan fingerprint density at radius 1 is 1.36 bits per heavy atom. The van der Waals surface area contributed by atoms with Crippen molar-refractivity contribution in [1.29, 1.82) is 0 Å². The quantitative estimate of drug-likeness (QED) is 0.743. The highest BCUT2D eigenvalue weighted by Crippen LogP contribution is 2.21. The van der Waals surface area contributed by atoms with E-state index in [2.05, 4.69) is 30.2 Å². The number of hydrogen-bond donors (Lipinski definition) is 0. The Hall–Kier alpha value is -0.160. The third-order valence-electron chi connectivity index (χ3n) is 1.78. The zero-order valence-corrected chi connectivity index (χ0v) is 8.36. The maximum atomic E-state index is 4.24. The van der Waals surface area contributed by atoms with Crippen molar-refractivity contribution in [1.82, 2.24) is 9.36 Å². The van der Waals surface area contributed by atoms with Gasteiger partial charge in [-0.1, -0.05) is 0 Å². The molecule has 60 valence electrons. The number of hydrogen-bond acceptors (Lipinski definition) is 4. The highest BCUT2D eigenvalue weighted by Gasteiger charge is 2.15. The topological polar surface area (TPSA) is 29.0 Å². The van der Waals surface area contributed by atoms with Gasteiger partial charge < -0.3 is 4.90 Å². The average molecular weight is 234 g/mol. The number of rotatable bonds is 1. The van der Waals surface area contributed by atoms with Gasteiger partial charge in [-0.15, -0.1) is 0 Å². The Balaban J connectivity index is 2.15. The van der Waals surface area contributed by atoms with Crippen molar-refractivity contribution in [3.05, 3.63) is 3.92 Å². The molecule has 5 heteroatoms. The van der Waals surface area contributed by atoms with Gasteiger partial charge in [0.15, 0.2) is 3.92 Å². The molecule has 0 spiro atoms. The molecule has 0 saturated carbocycles. The molecule has 3 nitrogen and oxygen atoms in total. The fourth-order valence-electron chi connectivity index (χ4n) is 1.24. The number of anilines is 1. The lowest BCUT2D eigenvalue weighted by atomic mass is 10.4. The van der Waals surface area contributed by atoms with E-state index in [9.17, 15) is 0 Å². The minimum Gasteiger partial charge on any atom is -0.340 e. The van der Waals surface area contributed by atoms with Crippen LogP contribution in [-0.4, -0.2) is 22.4 Å². The molecule has 0 radical (unpaired) electrons. The van der Waals surface area contributed by atoms with Crippen LogP contribution in [0.1, 0.15) is 12.8 Å². The summed E-state index contributed by atoms with van der Waals surface area (Å²) in [6.45, 7) is 2.23. The van der Waals surface area contributed by atoms with Crippen molar-refractivity contribution in [3.63, 3.8) is 0 Å². The van der Waals surface area contributed by atoms with Gasteiger partial charge >= 0.3 is 0 Å². The lowest BCUT2D eigenvalue weighted by Gasteiger charge is -2.10. The summed E-state index contributed by atoms with van der Waals surface area (Å²) in [5.41, 5.74) is 0. The minimum atomic E-state index is 0.874. The van der Waals surface area contributed by atoms with Crippen molar-refractivity contribution in [2.45, 2.75) is 12.8 Å². The Morgan fingerprint density at radius 3 is 2.64 bits per heavy atom. The van der Waals surface area contributed by atoms with Crippen molar-refractivity contribution >= 4 is 33.4 Å². The van der Waals surface area contributed by atoms with Gasteiger partial charge in [0, 0.05) is 13.1 Å². The molecular formula is C6H8BrN3S. The summed E-state index contributed by atoms with van der Waals surface area (Å²) in [4.78, 5) is 6.47. The van der Waals surface area contributed by atoms with E-state index in [4.69, 9.17) is 0 Å². The van der Waals surface area contributed by atoms with E-state index >= 15 is 0 Å². The number of nitrogens with zero attached hydrogens (tertiary/aromatic N) is 3. The number of aromatic nitrogens is 2. The molecule has 0 aliphatic carbocycles. The van der Waals surface area contributed by atoms with Crippen LogP contribution in [0.15, 0.2) is 3.92 Å². The predicted molar refractivity (Wildman–Crippen MR) is 49.1 cm³/mol. The molecule has 0 N–H and O–H groups in total. The third-order valence-corrected chi connectivity index (χ3v) is 2.89. The molecule has 1 aromatic heterocycles. The van der Waals surface area contributed by atoms with Gasteiger partial charge in [0.05, 0.1) is 0 Å². The molecule has 1 aromatic rings. The molecule has 1 fully saturated rings. The Kier molecular flexibility index (Phi) is 2.09. The summed E-state index contributed by atoms with van der Waals surface area (Å²) >= 11 is 4.70. The standard InChI is InChI=1S/C6H8BrN3S/c7-5-8-6(9-11-5)10-3-1-2-4-10/h1-4H2. The molecule has 11 heavy (non-hydrogen) atoms. The van der Waals surface area contributed by atoms with Crippen LogP contribution in [0.4, 0.5) is 5.95 Å². The van der Waals surface area contributed by atoms with Gasteiger partial charge in [0.2, 0.25) is 5.95 Å². The Labute approximate surface area is 77.7 Å². The minimum absolute atomic E-state index is 0.874. The molecule has 2 heterocycles. The summed E-state index contributed by atoms with van der Waals surface area (Å²) in [5.74, 6) is 0.888. The highest BCUT2D eigenvalue weighted by molar-refractivity contribution is 9.11. The van der Waals surface area contributed by atoms with Crippen LogP contribution >= 0.6 is 27.5 Å². The first-order chi connectivity index (χ1) is 5.36. The van der Waals surface area contributed by atoms with Crippen molar-refractivity contribution in [2.24, 2.45) is 0 Å². The van der Waals surface area contributed by atoms with Gasteiger partial charge in [-0.05, 0) is 40.3 Å². The molecule has 0 bridgehead atoms. The van der Waals surface area contributed by atoms with Crippen LogP contribution in [0.5, 0.6) is 0 Å². The van der Waals surface area contributed by atoms with Crippen LogP contribution in [0.2, 0.25) is 0 Å². The highest BCUT2D eigenvalue weighted by atomic mass is 79.9. The predicted octanol–water partition coefficient (Wildman–Crippen LogP) is 1.90. The third kappa shape index (κ3) is 1.54. The van der Waals surface area contributed by atoms with Crippen LogP contribution in [0.25, 0.3) is 0 Å². The van der Waals surface area contributed by atoms with Gasteiger partial charge in [0.25, 0.3) is 0 Å². The smallest absolute Gasteiger partial charge is 0.238 e. The second-order valence-corrected chi connectivity index (χ2v) is 4.57. The fraction of sp³-hybridized carbons (Fsp3) is 0.667.